The molecule has 2 saturated heterocycles. The van der Waals surface area contributed by atoms with Crippen LogP contribution in [0.4, 0.5) is 14.5 Å². The van der Waals surface area contributed by atoms with Crippen LogP contribution in [0.15, 0.2) is 42.9 Å². The van der Waals surface area contributed by atoms with Gasteiger partial charge in [0.2, 0.25) is 11.9 Å². The largest absolute Gasteiger partial charge is 0.366 e. The van der Waals surface area contributed by atoms with Crippen LogP contribution >= 0.6 is 0 Å². The first-order valence-electron chi connectivity index (χ1n) is 10.4. The summed E-state index contributed by atoms with van der Waals surface area (Å²) < 4.78 is 28.4. The minimum atomic E-state index is -0.949. The van der Waals surface area contributed by atoms with Gasteiger partial charge in [-0.3, -0.25) is 4.79 Å². The number of hydrogen-bond acceptors (Lipinski definition) is 4. The summed E-state index contributed by atoms with van der Waals surface area (Å²) >= 11 is 0. The normalized spacial score (nSPS) is 27.7. The molecule has 5 heterocycles. The van der Waals surface area contributed by atoms with Crippen molar-refractivity contribution in [2.24, 2.45) is 5.92 Å². The lowest BCUT2D eigenvalue weighted by molar-refractivity contribution is -0.136. The van der Waals surface area contributed by atoms with Gasteiger partial charge in [-0.25, -0.2) is 13.9 Å². The molecule has 0 aromatic carbocycles. The first kappa shape index (κ1) is 17.8. The van der Waals surface area contributed by atoms with E-state index in [0.717, 1.165) is 48.3 Å². The molecule has 6 rings (SSSR count). The van der Waals surface area contributed by atoms with E-state index in [9.17, 15) is 13.6 Å². The Labute approximate surface area is 172 Å². The fourth-order valence-electron chi connectivity index (χ4n) is 5.04. The van der Waals surface area contributed by atoms with Gasteiger partial charge in [-0.15, -0.1) is 0 Å². The minimum Gasteiger partial charge on any atom is -0.366 e. The number of alkyl halides is 1. The zero-order chi connectivity index (χ0) is 20.4. The standard InChI is InChI=1S/C22H21F2N5O/c23-18-8-17(18)22(30)29-15-2-3-16(29)12-27(11-15)19-5-6-26-28-10-14(7-20(19)28)13-1-4-21(24)25-9-13/h1,4-7,9-10,15-18H,2-3,8,11-12H2/t15?,16?,17-,18-/m1/s1. The maximum atomic E-state index is 13.4. The van der Waals surface area contributed by atoms with Crippen molar-refractivity contribution >= 4 is 17.1 Å². The number of carbonyl (C=O) groups excluding carboxylic acids is 1. The summed E-state index contributed by atoms with van der Waals surface area (Å²) in [5, 5.41) is 4.43. The number of pyridine rings is 1. The Morgan fingerprint density at radius 1 is 1.10 bits per heavy atom. The first-order chi connectivity index (χ1) is 14.6. The molecule has 3 aromatic heterocycles. The van der Waals surface area contributed by atoms with E-state index in [-0.39, 0.29) is 18.0 Å². The first-order valence-corrected chi connectivity index (χ1v) is 10.4. The molecule has 0 N–H and O–H groups in total. The SMILES string of the molecule is O=C([C@@H]1C[C@H]1F)N1C2CCC1CN(c1ccnn3cc(-c4ccc(F)nc4)cc13)C2. The summed E-state index contributed by atoms with van der Waals surface area (Å²) in [4.78, 5) is 20.7. The van der Waals surface area contributed by atoms with Crippen molar-refractivity contribution < 1.29 is 13.6 Å². The molecular formula is C22H21F2N5O. The second kappa shape index (κ2) is 6.48. The second-order valence-corrected chi connectivity index (χ2v) is 8.54. The van der Waals surface area contributed by atoms with Crippen LogP contribution in [-0.4, -0.2) is 56.8 Å². The minimum absolute atomic E-state index is 0.00306. The maximum absolute atomic E-state index is 13.4. The van der Waals surface area contributed by atoms with Gasteiger partial charge in [-0.1, -0.05) is 0 Å². The highest BCUT2D eigenvalue weighted by molar-refractivity contribution is 5.84. The number of anilines is 1. The predicted molar refractivity (Wildman–Crippen MR) is 107 cm³/mol. The lowest BCUT2D eigenvalue weighted by Crippen LogP contribution is -2.56. The summed E-state index contributed by atoms with van der Waals surface area (Å²) in [5.74, 6) is -0.914. The number of fused-ring (bicyclic) bond motifs is 3. The van der Waals surface area contributed by atoms with Gasteiger partial charge in [0.25, 0.3) is 0 Å². The van der Waals surface area contributed by atoms with Crippen LogP contribution < -0.4 is 4.90 Å². The van der Waals surface area contributed by atoms with E-state index >= 15 is 0 Å². The molecule has 30 heavy (non-hydrogen) atoms. The Hall–Kier alpha value is -3.03. The molecule has 1 amide bonds. The van der Waals surface area contributed by atoms with Crippen molar-refractivity contribution in [2.45, 2.75) is 37.5 Å². The highest BCUT2D eigenvalue weighted by atomic mass is 19.1. The third kappa shape index (κ3) is 2.77. The van der Waals surface area contributed by atoms with Crippen LogP contribution in [-0.2, 0) is 4.79 Å². The highest BCUT2D eigenvalue weighted by Crippen LogP contribution is 2.41. The van der Waals surface area contributed by atoms with E-state index < -0.39 is 18.0 Å². The van der Waals surface area contributed by atoms with Crippen LogP contribution in [0, 0.1) is 11.9 Å². The molecule has 2 aliphatic heterocycles. The molecule has 0 spiro atoms. The molecule has 154 valence electrons. The number of hydrogen-bond donors (Lipinski definition) is 0. The Kier molecular flexibility index (Phi) is 3.85. The number of aromatic nitrogens is 3. The van der Waals surface area contributed by atoms with Crippen molar-refractivity contribution in [2.75, 3.05) is 18.0 Å². The molecular weight excluding hydrogens is 388 g/mol. The van der Waals surface area contributed by atoms with E-state index in [1.165, 1.54) is 12.3 Å². The Morgan fingerprint density at radius 2 is 1.87 bits per heavy atom. The lowest BCUT2D eigenvalue weighted by atomic mass is 10.1. The number of carbonyl (C=O) groups is 1. The van der Waals surface area contributed by atoms with Gasteiger partial charge in [0.05, 0.1) is 17.1 Å². The van der Waals surface area contributed by atoms with Gasteiger partial charge in [0.15, 0.2) is 0 Å². The fraction of sp³-hybridized carbons (Fsp3) is 0.409. The monoisotopic (exact) mass is 409 g/mol. The molecule has 3 fully saturated rings. The Bertz CT molecular complexity index is 1120. The zero-order valence-corrected chi connectivity index (χ0v) is 16.3. The van der Waals surface area contributed by atoms with Crippen molar-refractivity contribution in [3.8, 4) is 11.1 Å². The summed E-state index contributed by atoms with van der Waals surface area (Å²) in [6.07, 6.45) is 6.56. The van der Waals surface area contributed by atoms with Crippen molar-refractivity contribution in [1.29, 1.82) is 0 Å². The maximum Gasteiger partial charge on any atom is 0.229 e. The van der Waals surface area contributed by atoms with Crippen molar-refractivity contribution in [1.82, 2.24) is 19.5 Å². The molecule has 2 unspecified atom stereocenters. The highest BCUT2D eigenvalue weighted by Gasteiger charge is 2.51. The zero-order valence-electron chi connectivity index (χ0n) is 16.3. The number of nitrogens with zero attached hydrogens (tertiary/aromatic N) is 5. The van der Waals surface area contributed by atoms with Crippen LogP contribution in [0.25, 0.3) is 16.6 Å². The van der Waals surface area contributed by atoms with E-state index in [1.807, 2.05) is 27.7 Å². The molecule has 8 heteroatoms. The number of amides is 1. The number of piperazine rings is 1. The van der Waals surface area contributed by atoms with Crippen molar-refractivity contribution in [3.63, 3.8) is 0 Å². The summed E-state index contributed by atoms with van der Waals surface area (Å²) in [6, 6.07) is 7.35. The number of halogens is 2. The van der Waals surface area contributed by atoms with E-state index in [1.54, 1.807) is 12.3 Å². The van der Waals surface area contributed by atoms with Crippen LogP contribution in [0.2, 0.25) is 0 Å². The molecule has 3 aliphatic rings. The van der Waals surface area contributed by atoms with Crippen LogP contribution in [0.5, 0.6) is 0 Å². The molecule has 6 nitrogen and oxygen atoms in total. The van der Waals surface area contributed by atoms with Gasteiger partial charge in [0.1, 0.15) is 6.17 Å². The van der Waals surface area contributed by atoms with Gasteiger partial charge in [-0.05, 0) is 43.5 Å². The fourth-order valence-corrected chi connectivity index (χ4v) is 5.04. The van der Waals surface area contributed by atoms with E-state index in [2.05, 4.69) is 15.0 Å². The van der Waals surface area contributed by atoms with E-state index in [4.69, 9.17) is 0 Å². The van der Waals surface area contributed by atoms with Gasteiger partial charge in [-0.2, -0.15) is 9.49 Å². The summed E-state index contributed by atoms with van der Waals surface area (Å²) in [5.41, 5.74) is 3.77. The average molecular weight is 409 g/mol. The third-order valence-corrected chi connectivity index (χ3v) is 6.65. The van der Waals surface area contributed by atoms with E-state index in [0.29, 0.717) is 6.42 Å². The molecule has 1 aliphatic carbocycles. The topological polar surface area (TPSA) is 53.7 Å². The quantitative estimate of drug-likeness (QED) is 0.624. The average Bonchev–Trinajstić information content (AvgIpc) is 3.21. The predicted octanol–water partition coefficient (Wildman–Crippen LogP) is 3.07. The Balaban J connectivity index is 1.30. The van der Waals surface area contributed by atoms with Gasteiger partial charge >= 0.3 is 0 Å². The number of rotatable bonds is 3. The molecule has 4 atom stereocenters. The summed E-state index contributed by atoms with van der Waals surface area (Å²) in [6.45, 7) is 1.48. The molecule has 0 radical (unpaired) electrons. The molecule has 3 aromatic rings. The van der Waals surface area contributed by atoms with Gasteiger partial charge in [0, 0.05) is 54.9 Å². The molecule has 1 saturated carbocycles. The lowest BCUT2D eigenvalue weighted by Gasteiger charge is -2.42. The van der Waals surface area contributed by atoms with Crippen molar-refractivity contribution in [3.05, 3.63) is 48.8 Å². The second-order valence-electron chi connectivity index (χ2n) is 8.54. The smallest absolute Gasteiger partial charge is 0.229 e. The summed E-state index contributed by atoms with van der Waals surface area (Å²) in [7, 11) is 0. The van der Waals surface area contributed by atoms with Crippen LogP contribution in [0.1, 0.15) is 19.3 Å². The molecule has 2 bridgehead atoms. The van der Waals surface area contributed by atoms with Crippen LogP contribution in [0.3, 0.4) is 0 Å². The Morgan fingerprint density at radius 3 is 2.53 bits per heavy atom. The van der Waals surface area contributed by atoms with Gasteiger partial charge < -0.3 is 9.80 Å². The third-order valence-electron chi connectivity index (χ3n) is 6.65.